The Hall–Kier alpha value is -1.92. The van der Waals surface area contributed by atoms with E-state index in [-0.39, 0.29) is 4.90 Å². The van der Waals surface area contributed by atoms with Crippen molar-refractivity contribution in [3.05, 3.63) is 59.4 Å². The van der Waals surface area contributed by atoms with Gasteiger partial charge in [-0.2, -0.15) is 0 Å². The Balaban J connectivity index is 2.02. The van der Waals surface area contributed by atoms with Gasteiger partial charge in [0.2, 0.25) is 0 Å². The number of hydrogen-bond donors (Lipinski definition) is 1. The van der Waals surface area contributed by atoms with Crippen molar-refractivity contribution in [2.45, 2.75) is 17.9 Å². The van der Waals surface area contributed by atoms with Crippen LogP contribution in [-0.4, -0.2) is 15.0 Å². The van der Waals surface area contributed by atoms with E-state index < -0.39 is 15.8 Å². The minimum atomic E-state index is -3.67. The average molecular weight is 306 g/mol. The van der Waals surface area contributed by atoms with Crippen LogP contribution in [0, 0.1) is 5.82 Å². The zero-order chi connectivity index (χ0) is 15.0. The summed E-state index contributed by atoms with van der Waals surface area (Å²) in [5.74, 6) is -0.436. The van der Waals surface area contributed by atoms with Crippen LogP contribution in [0.1, 0.15) is 11.1 Å². The van der Waals surface area contributed by atoms with Crippen molar-refractivity contribution in [1.29, 1.82) is 0 Å². The molecule has 0 saturated carbocycles. The van der Waals surface area contributed by atoms with E-state index in [9.17, 15) is 12.8 Å². The van der Waals surface area contributed by atoms with Crippen LogP contribution in [0.25, 0.3) is 0 Å². The Kier molecular flexibility index (Phi) is 3.43. The zero-order valence-electron chi connectivity index (χ0n) is 11.3. The molecule has 2 aromatic rings. The largest absolute Gasteiger partial charge is 0.326 e. The minimum absolute atomic E-state index is 0.191. The lowest BCUT2D eigenvalue weighted by atomic mass is 10.2. The standard InChI is InChI=1S/C15H15FN2O2S/c16-13-4-3-12-7-8-18(15(12)9-13)21(19,20)14-5-1-11(10-17)2-6-14/h1-6,9H,7-8,10,17H2. The van der Waals surface area contributed by atoms with Gasteiger partial charge in [-0.25, -0.2) is 12.8 Å². The first kappa shape index (κ1) is 14.0. The van der Waals surface area contributed by atoms with Gasteiger partial charge in [-0.15, -0.1) is 0 Å². The molecule has 0 atom stereocenters. The van der Waals surface area contributed by atoms with E-state index in [4.69, 9.17) is 5.73 Å². The summed E-state index contributed by atoms with van der Waals surface area (Å²) in [5.41, 5.74) is 7.65. The number of nitrogens with two attached hydrogens (primary N) is 1. The lowest BCUT2D eigenvalue weighted by Crippen LogP contribution is -2.29. The molecule has 2 aromatic carbocycles. The molecule has 0 fully saturated rings. The van der Waals surface area contributed by atoms with Crippen molar-refractivity contribution in [3.63, 3.8) is 0 Å². The van der Waals surface area contributed by atoms with Gasteiger partial charge >= 0.3 is 0 Å². The summed E-state index contributed by atoms with van der Waals surface area (Å²) >= 11 is 0. The first-order chi connectivity index (χ1) is 10.0. The topological polar surface area (TPSA) is 63.4 Å². The molecule has 0 amide bonds. The lowest BCUT2D eigenvalue weighted by molar-refractivity contribution is 0.592. The van der Waals surface area contributed by atoms with Crippen LogP contribution in [-0.2, 0) is 23.0 Å². The molecule has 0 spiro atoms. The van der Waals surface area contributed by atoms with Gasteiger partial charge in [0, 0.05) is 13.1 Å². The van der Waals surface area contributed by atoms with E-state index in [2.05, 4.69) is 0 Å². The molecular weight excluding hydrogens is 291 g/mol. The second kappa shape index (κ2) is 5.13. The van der Waals surface area contributed by atoms with Crippen LogP contribution < -0.4 is 10.0 Å². The summed E-state index contributed by atoms with van der Waals surface area (Å²) in [5, 5.41) is 0. The number of nitrogens with zero attached hydrogens (tertiary/aromatic N) is 1. The molecule has 0 aliphatic carbocycles. The van der Waals surface area contributed by atoms with Crippen molar-refractivity contribution < 1.29 is 12.8 Å². The van der Waals surface area contributed by atoms with Crippen LogP contribution >= 0.6 is 0 Å². The highest BCUT2D eigenvalue weighted by molar-refractivity contribution is 7.92. The van der Waals surface area contributed by atoms with Crippen molar-refractivity contribution in [2.75, 3.05) is 10.8 Å². The Morgan fingerprint density at radius 1 is 1.14 bits per heavy atom. The molecule has 0 saturated heterocycles. The van der Waals surface area contributed by atoms with Crippen molar-refractivity contribution in [2.24, 2.45) is 5.73 Å². The first-order valence-electron chi connectivity index (χ1n) is 6.62. The van der Waals surface area contributed by atoms with Crippen molar-refractivity contribution in [3.8, 4) is 0 Å². The summed E-state index contributed by atoms with van der Waals surface area (Å²) in [4.78, 5) is 0.191. The molecule has 6 heteroatoms. The zero-order valence-corrected chi connectivity index (χ0v) is 12.1. The third-order valence-corrected chi connectivity index (χ3v) is 5.47. The highest BCUT2D eigenvalue weighted by atomic mass is 32.2. The third-order valence-electron chi connectivity index (χ3n) is 3.65. The SMILES string of the molecule is NCc1ccc(S(=O)(=O)N2CCc3ccc(F)cc32)cc1. The molecule has 3 rings (SSSR count). The Labute approximate surface area is 123 Å². The fourth-order valence-corrected chi connectivity index (χ4v) is 3.99. The van der Waals surface area contributed by atoms with E-state index in [1.165, 1.54) is 28.6 Å². The van der Waals surface area contributed by atoms with Crippen molar-refractivity contribution >= 4 is 15.7 Å². The predicted molar refractivity (Wildman–Crippen MR) is 79.0 cm³/mol. The van der Waals surface area contributed by atoms with E-state index in [1.807, 2.05) is 0 Å². The molecule has 0 unspecified atom stereocenters. The van der Waals surface area contributed by atoms with E-state index in [0.717, 1.165) is 11.1 Å². The van der Waals surface area contributed by atoms with Crippen LogP contribution in [0.2, 0.25) is 0 Å². The van der Waals surface area contributed by atoms with Crippen LogP contribution in [0.15, 0.2) is 47.4 Å². The van der Waals surface area contributed by atoms with E-state index in [0.29, 0.717) is 25.2 Å². The number of fused-ring (bicyclic) bond motifs is 1. The molecule has 21 heavy (non-hydrogen) atoms. The summed E-state index contributed by atoms with van der Waals surface area (Å²) in [6.07, 6.45) is 0.593. The smallest absolute Gasteiger partial charge is 0.264 e. The van der Waals surface area contributed by atoms with Gasteiger partial charge in [0.25, 0.3) is 10.0 Å². The number of halogens is 1. The molecule has 4 nitrogen and oxygen atoms in total. The fraction of sp³-hybridized carbons (Fsp3) is 0.200. The van der Waals surface area contributed by atoms with Gasteiger partial charge in [-0.05, 0) is 41.8 Å². The van der Waals surface area contributed by atoms with Crippen LogP contribution in [0.3, 0.4) is 0 Å². The summed E-state index contributed by atoms with van der Waals surface area (Å²) in [6, 6.07) is 10.7. The highest BCUT2D eigenvalue weighted by Crippen LogP contribution is 2.33. The lowest BCUT2D eigenvalue weighted by Gasteiger charge is -2.19. The van der Waals surface area contributed by atoms with Crippen molar-refractivity contribution in [1.82, 2.24) is 0 Å². The van der Waals surface area contributed by atoms with E-state index >= 15 is 0 Å². The summed E-state index contributed by atoms with van der Waals surface area (Å²) < 4.78 is 40.0. The molecule has 2 N–H and O–H groups in total. The Morgan fingerprint density at radius 2 is 1.86 bits per heavy atom. The van der Waals surface area contributed by atoms with Crippen LogP contribution in [0.4, 0.5) is 10.1 Å². The Morgan fingerprint density at radius 3 is 2.52 bits per heavy atom. The molecule has 1 heterocycles. The monoisotopic (exact) mass is 306 g/mol. The fourth-order valence-electron chi connectivity index (χ4n) is 2.50. The molecule has 0 bridgehead atoms. The van der Waals surface area contributed by atoms with Gasteiger partial charge in [-0.1, -0.05) is 18.2 Å². The molecule has 0 radical (unpaired) electrons. The molecule has 110 valence electrons. The third kappa shape index (κ3) is 2.41. The predicted octanol–water partition coefficient (Wildman–Crippen LogP) is 2.04. The maximum atomic E-state index is 13.4. The quantitative estimate of drug-likeness (QED) is 0.944. The number of sulfonamides is 1. The molecule has 0 aromatic heterocycles. The minimum Gasteiger partial charge on any atom is -0.326 e. The van der Waals surface area contributed by atoms with Gasteiger partial charge < -0.3 is 5.73 Å². The average Bonchev–Trinajstić information content (AvgIpc) is 2.91. The van der Waals surface area contributed by atoms with Gasteiger partial charge in [0.05, 0.1) is 10.6 Å². The molecule has 1 aliphatic heterocycles. The number of benzene rings is 2. The normalized spacial score (nSPS) is 14.3. The molecule has 1 aliphatic rings. The second-order valence-electron chi connectivity index (χ2n) is 4.95. The van der Waals surface area contributed by atoms with E-state index in [1.54, 1.807) is 18.2 Å². The number of anilines is 1. The first-order valence-corrected chi connectivity index (χ1v) is 8.06. The summed E-state index contributed by atoms with van der Waals surface area (Å²) in [7, 11) is -3.67. The van der Waals surface area contributed by atoms with Gasteiger partial charge in [0.15, 0.2) is 0 Å². The Bertz CT molecular complexity index is 773. The highest BCUT2D eigenvalue weighted by Gasteiger charge is 2.31. The van der Waals surface area contributed by atoms with Gasteiger partial charge in [-0.3, -0.25) is 4.31 Å². The van der Waals surface area contributed by atoms with Crippen LogP contribution in [0.5, 0.6) is 0 Å². The maximum absolute atomic E-state index is 13.4. The summed E-state index contributed by atoms with van der Waals surface area (Å²) in [6.45, 7) is 0.692. The number of hydrogen-bond acceptors (Lipinski definition) is 3. The number of rotatable bonds is 3. The maximum Gasteiger partial charge on any atom is 0.264 e. The molecular formula is C15H15FN2O2S. The second-order valence-corrected chi connectivity index (χ2v) is 6.81. The van der Waals surface area contributed by atoms with Gasteiger partial charge in [0.1, 0.15) is 5.82 Å².